The third-order valence-electron chi connectivity index (χ3n) is 3.06. The third-order valence-corrected chi connectivity index (χ3v) is 3.06. The van der Waals surface area contributed by atoms with Crippen LogP contribution in [0.15, 0.2) is 18.6 Å². The van der Waals surface area contributed by atoms with Crippen molar-refractivity contribution in [2.45, 2.75) is 19.0 Å². The van der Waals surface area contributed by atoms with Crippen molar-refractivity contribution in [2.75, 3.05) is 19.6 Å². The number of nitrogens with zero attached hydrogens (tertiary/aromatic N) is 3. The summed E-state index contributed by atoms with van der Waals surface area (Å²) < 4.78 is 0. The van der Waals surface area contributed by atoms with Crippen LogP contribution in [0, 0.1) is 0 Å². The molecule has 0 aromatic carbocycles. The molecule has 0 amide bonds. The Labute approximate surface area is 99.7 Å². The van der Waals surface area contributed by atoms with Crippen molar-refractivity contribution in [3.8, 4) is 0 Å². The van der Waals surface area contributed by atoms with Gasteiger partial charge in [-0.05, 0) is 6.92 Å². The maximum atomic E-state index is 10.9. The van der Waals surface area contributed by atoms with Gasteiger partial charge in [0, 0.05) is 38.2 Å². The zero-order valence-corrected chi connectivity index (χ0v) is 9.71. The standard InChI is InChI=1S/C11H16N4O2/c1-8(9-6-12-2-3-13-9)15-5-4-14-10(7-15)11(16)17/h2-3,6,8,10,14H,4-5,7H2,1H3,(H,16,17)/t8-,10-/m1/s1. The first-order valence-electron chi connectivity index (χ1n) is 5.64. The summed E-state index contributed by atoms with van der Waals surface area (Å²) in [6.45, 7) is 4.02. The van der Waals surface area contributed by atoms with Gasteiger partial charge in [-0.1, -0.05) is 0 Å². The molecule has 2 N–H and O–H groups in total. The number of carboxylic acids is 1. The molecule has 1 aliphatic heterocycles. The predicted octanol–water partition coefficient (Wildman–Crippen LogP) is -0.104. The van der Waals surface area contributed by atoms with Gasteiger partial charge in [0.2, 0.25) is 0 Å². The van der Waals surface area contributed by atoms with Crippen molar-refractivity contribution >= 4 is 5.97 Å². The van der Waals surface area contributed by atoms with Gasteiger partial charge in [-0.3, -0.25) is 19.7 Å². The van der Waals surface area contributed by atoms with E-state index in [0.29, 0.717) is 13.1 Å². The molecule has 92 valence electrons. The van der Waals surface area contributed by atoms with Crippen LogP contribution in [0.3, 0.4) is 0 Å². The highest BCUT2D eigenvalue weighted by atomic mass is 16.4. The molecule has 17 heavy (non-hydrogen) atoms. The lowest BCUT2D eigenvalue weighted by Crippen LogP contribution is -2.54. The lowest BCUT2D eigenvalue weighted by atomic mass is 10.1. The van der Waals surface area contributed by atoms with Crippen LogP contribution < -0.4 is 5.32 Å². The SMILES string of the molecule is C[C@H](c1cnccn1)N1CCN[C@@H](C(=O)O)C1. The molecule has 1 aromatic heterocycles. The molecule has 0 bridgehead atoms. The fraction of sp³-hybridized carbons (Fsp3) is 0.545. The summed E-state index contributed by atoms with van der Waals surface area (Å²) in [7, 11) is 0. The molecular formula is C11H16N4O2. The first kappa shape index (κ1) is 11.9. The molecule has 1 saturated heterocycles. The predicted molar refractivity (Wildman–Crippen MR) is 61.4 cm³/mol. The van der Waals surface area contributed by atoms with E-state index in [1.165, 1.54) is 0 Å². The monoisotopic (exact) mass is 236 g/mol. The highest BCUT2D eigenvalue weighted by Gasteiger charge is 2.28. The summed E-state index contributed by atoms with van der Waals surface area (Å²) in [6, 6.07) is -0.407. The maximum absolute atomic E-state index is 10.9. The fourth-order valence-corrected chi connectivity index (χ4v) is 2.00. The molecule has 6 heteroatoms. The normalized spacial score (nSPS) is 23.2. The lowest BCUT2D eigenvalue weighted by molar-refractivity contribution is -0.140. The molecule has 2 heterocycles. The molecule has 2 atom stereocenters. The summed E-state index contributed by atoms with van der Waals surface area (Å²) in [5.74, 6) is -0.805. The average Bonchev–Trinajstić information content (AvgIpc) is 2.39. The molecular weight excluding hydrogens is 220 g/mol. The largest absolute Gasteiger partial charge is 0.480 e. The summed E-state index contributed by atoms with van der Waals surface area (Å²) in [6.07, 6.45) is 5.01. The second kappa shape index (κ2) is 5.20. The summed E-state index contributed by atoms with van der Waals surface area (Å²) >= 11 is 0. The van der Waals surface area contributed by atoms with Crippen LogP contribution in [0.5, 0.6) is 0 Å². The molecule has 0 radical (unpaired) electrons. The van der Waals surface area contributed by atoms with Gasteiger partial charge in [-0.2, -0.15) is 0 Å². The molecule has 0 saturated carbocycles. The van der Waals surface area contributed by atoms with Gasteiger partial charge in [0.15, 0.2) is 0 Å². The topological polar surface area (TPSA) is 78.4 Å². The van der Waals surface area contributed by atoms with Crippen molar-refractivity contribution in [2.24, 2.45) is 0 Å². The quantitative estimate of drug-likeness (QED) is 0.763. The third kappa shape index (κ3) is 2.78. The zero-order valence-electron chi connectivity index (χ0n) is 9.71. The minimum absolute atomic E-state index is 0.0904. The second-order valence-corrected chi connectivity index (χ2v) is 4.15. The Morgan fingerprint density at radius 2 is 2.47 bits per heavy atom. The number of piperazine rings is 1. The summed E-state index contributed by atoms with van der Waals surface area (Å²) in [5, 5.41) is 12.0. The molecule has 1 aliphatic rings. The van der Waals surface area contributed by atoms with E-state index in [1.54, 1.807) is 18.6 Å². The van der Waals surface area contributed by atoms with Gasteiger partial charge in [-0.25, -0.2) is 0 Å². The maximum Gasteiger partial charge on any atom is 0.322 e. The summed E-state index contributed by atoms with van der Waals surface area (Å²) in [4.78, 5) is 21.3. The van der Waals surface area contributed by atoms with Gasteiger partial charge in [0.05, 0.1) is 11.7 Å². The van der Waals surface area contributed by atoms with Crippen LogP contribution in [0.1, 0.15) is 18.7 Å². The molecule has 1 fully saturated rings. The minimum Gasteiger partial charge on any atom is -0.480 e. The summed E-state index contributed by atoms with van der Waals surface area (Å²) in [5.41, 5.74) is 0.874. The number of nitrogens with one attached hydrogen (secondary N) is 1. The molecule has 0 unspecified atom stereocenters. The van der Waals surface area contributed by atoms with E-state index in [-0.39, 0.29) is 6.04 Å². The van der Waals surface area contributed by atoms with Crippen molar-refractivity contribution in [3.05, 3.63) is 24.3 Å². The Morgan fingerprint density at radius 3 is 3.12 bits per heavy atom. The molecule has 0 spiro atoms. The number of hydrogen-bond donors (Lipinski definition) is 2. The Hall–Kier alpha value is -1.53. The average molecular weight is 236 g/mol. The highest BCUT2D eigenvalue weighted by molar-refractivity contribution is 5.73. The molecule has 0 aliphatic carbocycles. The van der Waals surface area contributed by atoms with E-state index >= 15 is 0 Å². The molecule has 6 nitrogen and oxygen atoms in total. The van der Waals surface area contributed by atoms with E-state index in [2.05, 4.69) is 20.2 Å². The number of aliphatic carboxylic acids is 1. The first-order chi connectivity index (χ1) is 8.18. The van der Waals surface area contributed by atoms with Gasteiger partial charge in [0.1, 0.15) is 6.04 Å². The van der Waals surface area contributed by atoms with Crippen LogP contribution in [0.4, 0.5) is 0 Å². The number of carboxylic acid groups (broad SMARTS) is 1. The van der Waals surface area contributed by atoms with Crippen LogP contribution in [-0.2, 0) is 4.79 Å². The van der Waals surface area contributed by atoms with E-state index in [0.717, 1.165) is 12.2 Å². The highest BCUT2D eigenvalue weighted by Crippen LogP contribution is 2.18. The van der Waals surface area contributed by atoms with E-state index in [9.17, 15) is 4.79 Å². The van der Waals surface area contributed by atoms with Crippen molar-refractivity contribution in [1.29, 1.82) is 0 Å². The number of hydrogen-bond acceptors (Lipinski definition) is 5. The second-order valence-electron chi connectivity index (χ2n) is 4.15. The Kier molecular flexibility index (Phi) is 3.65. The Morgan fingerprint density at radius 1 is 1.65 bits per heavy atom. The van der Waals surface area contributed by atoms with Crippen molar-refractivity contribution in [1.82, 2.24) is 20.2 Å². The zero-order chi connectivity index (χ0) is 12.3. The molecule has 1 aromatic rings. The van der Waals surface area contributed by atoms with Crippen LogP contribution in [0.25, 0.3) is 0 Å². The van der Waals surface area contributed by atoms with Gasteiger partial charge >= 0.3 is 5.97 Å². The van der Waals surface area contributed by atoms with Gasteiger partial charge in [0.25, 0.3) is 0 Å². The van der Waals surface area contributed by atoms with Crippen LogP contribution in [-0.4, -0.2) is 51.6 Å². The van der Waals surface area contributed by atoms with E-state index < -0.39 is 12.0 Å². The Balaban J connectivity index is 2.05. The van der Waals surface area contributed by atoms with Gasteiger partial charge < -0.3 is 10.4 Å². The fourth-order valence-electron chi connectivity index (χ4n) is 2.00. The number of carbonyl (C=O) groups is 1. The van der Waals surface area contributed by atoms with Crippen molar-refractivity contribution < 1.29 is 9.90 Å². The lowest BCUT2D eigenvalue weighted by Gasteiger charge is -2.35. The van der Waals surface area contributed by atoms with Crippen LogP contribution in [0.2, 0.25) is 0 Å². The van der Waals surface area contributed by atoms with Crippen LogP contribution >= 0.6 is 0 Å². The number of aromatic nitrogens is 2. The Bertz CT molecular complexity index is 384. The van der Waals surface area contributed by atoms with E-state index in [1.807, 2.05) is 6.92 Å². The smallest absolute Gasteiger partial charge is 0.322 e. The minimum atomic E-state index is -0.805. The number of rotatable bonds is 3. The van der Waals surface area contributed by atoms with Crippen molar-refractivity contribution in [3.63, 3.8) is 0 Å². The van der Waals surface area contributed by atoms with E-state index in [4.69, 9.17) is 5.11 Å². The first-order valence-corrected chi connectivity index (χ1v) is 5.64. The molecule has 2 rings (SSSR count). The van der Waals surface area contributed by atoms with Gasteiger partial charge in [-0.15, -0.1) is 0 Å².